The van der Waals surface area contributed by atoms with Crippen LogP contribution in [0.2, 0.25) is 0 Å². The maximum Gasteiger partial charge on any atom is 0.256 e. The van der Waals surface area contributed by atoms with Crippen molar-refractivity contribution in [3.8, 4) is 11.5 Å². The highest BCUT2D eigenvalue weighted by atomic mass is 79.9. The molecule has 6 nitrogen and oxygen atoms in total. The van der Waals surface area contributed by atoms with Crippen LogP contribution in [0.25, 0.3) is 0 Å². The monoisotopic (exact) mass is 423 g/mol. The molecule has 0 saturated carbocycles. The topological polar surface area (TPSA) is 73.8 Å². The molecule has 2 aromatic rings. The number of hydrogen-bond donors (Lipinski definition) is 3. The summed E-state index contributed by atoms with van der Waals surface area (Å²) in [6, 6.07) is 3.51. The number of aromatic hydroxyl groups is 1. The number of nitrogens with one attached hydrogen (secondary N) is 2. The van der Waals surface area contributed by atoms with Gasteiger partial charge in [-0.05, 0) is 52.7 Å². The van der Waals surface area contributed by atoms with E-state index in [1.165, 1.54) is 17.6 Å². The number of likely N-dealkylation sites (N-methyl/N-ethyl adjacent to an activating group) is 1. The van der Waals surface area contributed by atoms with Crippen LogP contribution in [0.15, 0.2) is 16.6 Å². The molecule has 1 atom stereocenters. The fourth-order valence-corrected chi connectivity index (χ4v) is 5.14. The van der Waals surface area contributed by atoms with Crippen LogP contribution in [0, 0.1) is 0 Å². The number of fused-ring (bicyclic) bond motifs is 3. The minimum Gasteiger partial charge on any atom is -0.503 e. The maximum absolute atomic E-state index is 12.7. The molecule has 1 amide bonds. The van der Waals surface area contributed by atoms with Crippen LogP contribution in [0.1, 0.15) is 32.5 Å². The summed E-state index contributed by atoms with van der Waals surface area (Å²) in [5, 5.41) is 17.3. The summed E-state index contributed by atoms with van der Waals surface area (Å²) in [4.78, 5) is 16.3. The molecule has 25 heavy (non-hydrogen) atoms. The van der Waals surface area contributed by atoms with Crippen molar-refractivity contribution in [3.63, 3.8) is 0 Å². The van der Waals surface area contributed by atoms with Crippen molar-refractivity contribution in [2.75, 3.05) is 26.0 Å². The number of phenols is 1. The van der Waals surface area contributed by atoms with Gasteiger partial charge in [-0.25, -0.2) is 0 Å². The van der Waals surface area contributed by atoms with Gasteiger partial charge in [0.1, 0.15) is 11.2 Å². The molecule has 0 saturated heterocycles. The van der Waals surface area contributed by atoms with Crippen LogP contribution in [0.4, 0.5) is 5.00 Å². The van der Waals surface area contributed by atoms with Crippen LogP contribution in [-0.2, 0) is 13.0 Å². The molecule has 132 valence electrons. The zero-order valence-corrected chi connectivity index (χ0v) is 16.3. The van der Waals surface area contributed by atoms with Gasteiger partial charge in [0.15, 0.2) is 11.5 Å². The average molecular weight is 424 g/mol. The number of benzene rings is 1. The molecule has 3 heterocycles. The van der Waals surface area contributed by atoms with Crippen LogP contribution in [0.5, 0.6) is 11.5 Å². The fourth-order valence-electron chi connectivity index (χ4n) is 3.33. The normalized spacial score (nSPS) is 19.6. The number of phenolic OH excluding ortho intramolecular Hbond substituents is 1. The molecular formula is C17H18BrN3O3S. The molecule has 1 aromatic carbocycles. The predicted molar refractivity (Wildman–Crippen MR) is 101 cm³/mol. The zero-order chi connectivity index (χ0) is 17.7. The largest absolute Gasteiger partial charge is 0.503 e. The van der Waals surface area contributed by atoms with Crippen LogP contribution < -0.4 is 15.4 Å². The molecule has 0 fully saturated rings. The van der Waals surface area contributed by atoms with Crippen LogP contribution >= 0.6 is 27.3 Å². The number of ether oxygens (including phenoxy) is 1. The van der Waals surface area contributed by atoms with Gasteiger partial charge in [-0.2, -0.15) is 0 Å². The third-order valence-electron chi connectivity index (χ3n) is 4.63. The molecular weight excluding hydrogens is 406 g/mol. The smallest absolute Gasteiger partial charge is 0.256 e. The lowest BCUT2D eigenvalue weighted by molar-refractivity contribution is 0.0935. The van der Waals surface area contributed by atoms with Gasteiger partial charge in [0.2, 0.25) is 0 Å². The second-order valence-electron chi connectivity index (χ2n) is 6.30. The highest BCUT2D eigenvalue weighted by Gasteiger charge is 2.33. The van der Waals surface area contributed by atoms with E-state index in [0.29, 0.717) is 10.2 Å². The van der Waals surface area contributed by atoms with Gasteiger partial charge in [-0.15, -0.1) is 11.3 Å². The maximum atomic E-state index is 12.7. The van der Waals surface area contributed by atoms with Gasteiger partial charge in [0.05, 0.1) is 17.1 Å². The molecule has 1 aromatic heterocycles. The Morgan fingerprint density at radius 3 is 2.96 bits per heavy atom. The van der Waals surface area contributed by atoms with Crippen LogP contribution in [-0.4, -0.2) is 36.6 Å². The first-order valence-corrected chi connectivity index (χ1v) is 9.55. The first-order valence-electron chi connectivity index (χ1n) is 7.94. The van der Waals surface area contributed by atoms with E-state index in [9.17, 15) is 9.90 Å². The minimum absolute atomic E-state index is 0.0451. The van der Waals surface area contributed by atoms with Gasteiger partial charge in [-0.1, -0.05) is 0 Å². The number of carbonyl (C=O) groups excluding carboxylic acids is 1. The van der Waals surface area contributed by atoms with Crippen molar-refractivity contribution in [2.24, 2.45) is 0 Å². The highest BCUT2D eigenvalue weighted by Crippen LogP contribution is 2.42. The van der Waals surface area contributed by atoms with Crippen LogP contribution in [0.3, 0.4) is 0 Å². The van der Waals surface area contributed by atoms with Crippen molar-refractivity contribution in [2.45, 2.75) is 19.1 Å². The van der Waals surface area contributed by atoms with E-state index in [-0.39, 0.29) is 17.8 Å². The predicted octanol–water partition coefficient (Wildman–Crippen LogP) is 3.07. The molecule has 2 aliphatic heterocycles. The Morgan fingerprint density at radius 2 is 2.20 bits per heavy atom. The summed E-state index contributed by atoms with van der Waals surface area (Å²) < 4.78 is 5.73. The SMILES string of the molecule is COc1cc(C2NC(=O)c3c(sc4c3CCN(C)C4)N2)cc(Br)c1O. The Bertz CT molecular complexity index is 867. The summed E-state index contributed by atoms with van der Waals surface area (Å²) in [6.07, 6.45) is 0.527. The molecule has 0 bridgehead atoms. The molecule has 4 rings (SSSR count). The standard InChI is InChI=1S/C17H18BrN3O3S/c1-21-4-3-9-12(7-21)25-17-13(9)16(23)19-15(20-17)8-5-10(18)14(22)11(6-8)24-2/h5-6,15,20,22H,3-4,7H2,1-2H3,(H,19,23). The molecule has 8 heteroatoms. The van der Waals surface area contributed by atoms with Gasteiger partial charge in [0.25, 0.3) is 5.91 Å². The number of thiophene rings is 1. The lowest BCUT2D eigenvalue weighted by Crippen LogP contribution is -2.38. The van der Waals surface area contributed by atoms with Crippen molar-refractivity contribution < 1.29 is 14.6 Å². The minimum atomic E-state index is -0.372. The van der Waals surface area contributed by atoms with E-state index in [1.807, 2.05) is 0 Å². The number of methoxy groups -OCH3 is 1. The third-order valence-corrected chi connectivity index (χ3v) is 6.38. The quantitative estimate of drug-likeness (QED) is 0.691. The van der Waals surface area contributed by atoms with E-state index in [0.717, 1.165) is 35.6 Å². The third kappa shape index (κ3) is 2.78. The van der Waals surface area contributed by atoms with E-state index >= 15 is 0 Å². The lowest BCUT2D eigenvalue weighted by Gasteiger charge is -2.28. The fraction of sp³-hybridized carbons (Fsp3) is 0.353. The van der Waals surface area contributed by atoms with Crippen molar-refractivity contribution in [1.82, 2.24) is 10.2 Å². The molecule has 0 spiro atoms. The summed E-state index contributed by atoms with van der Waals surface area (Å²) in [6.45, 7) is 1.85. The second-order valence-corrected chi connectivity index (χ2v) is 8.26. The van der Waals surface area contributed by atoms with E-state index in [2.05, 4.69) is 38.5 Å². The Kier molecular flexibility index (Phi) is 4.13. The number of carbonyl (C=O) groups is 1. The Morgan fingerprint density at radius 1 is 1.40 bits per heavy atom. The number of anilines is 1. The number of nitrogens with zero attached hydrogens (tertiary/aromatic N) is 1. The summed E-state index contributed by atoms with van der Waals surface area (Å²) in [5.41, 5.74) is 2.77. The Hall–Kier alpha value is -1.77. The number of halogens is 1. The lowest BCUT2D eigenvalue weighted by atomic mass is 10.0. The van der Waals surface area contributed by atoms with Gasteiger partial charge in [-0.3, -0.25) is 4.79 Å². The molecule has 1 unspecified atom stereocenters. The average Bonchev–Trinajstić information content (AvgIpc) is 2.94. The molecule has 0 aliphatic carbocycles. The van der Waals surface area contributed by atoms with Crippen molar-refractivity contribution in [3.05, 3.63) is 38.2 Å². The number of rotatable bonds is 2. The first-order chi connectivity index (χ1) is 12.0. The summed E-state index contributed by atoms with van der Waals surface area (Å²) >= 11 is 4.99. The van der Waals surface area contributed by atoms with Crippen molar-refractivity contribution in [1.29, 1.82) is 0 Å². The van der Waals surface area contributed by atoms with Gasteiger partial charge < -0.3 is 25.4 Å². The first kappa shape index (κ1) is 16.7. The second kappa shape index (κ2) is 6.19. The number of hydrogen-bond acceptors (Lipinski definition) is 6. The van der Waals surface area contributed by atoms with E-state index in [4.69, 9.17) is 4.74 Å². The molecule has 2 aliphatic rings. The highest BCUT2D eigenvalue weighted by molar-refractivity contribution is 9.10. The number of amides is 1. The van der Waals surface area contributed by atoms with Gasteiger partial charge >= 0.3 is 0 Å². The van der Waals surface area contributed by atoms with E-state index < -0.39 is 0 Å². The van der Waals surface area contributed by atoms with E-state index in [1.54, 1.807) is 23.5 Å². The zero-order valence-electron chi connectivity index (χ0n) is 13.9. The molecule has 0 radical (unpaired) electrons. The Labute approximate surface area is 157 Å². The van der Waals surface area contributed by atoms with Gasteiger partial charge in [0, 0.05) is 18.0 Å². The molecule has 3 N–H and O–H groups in total. The van der Waals surface area contributed by atoms with Crippen molar-refractivity contribution >= 4 is 38.2 Å². The Balaban J connectivity index is 1.71. The summed E-state index contributed by atoms with van der Waals surface area (Å²) in [5.74, 6) is 0.353. The summed E-state index contributed by atoms with van der Waals surface area (Å²) in [7, 11) is 3.60.